The fourth-order valence-electron chi connectivity index (χ4n) is 7.65. The highest BCUT2D eigenvalue weighted by molar-refractivity contribution is 8.76. The quantitative estimate of drug-likeness (QED) is 0.0457. The van der Waals surface area contributed by atoms with Crippen LogP contribution in [0.1, 0.15) is 80.0 Å². The summed E-state index contributed by atoms with van der Waals surface area (Å²) in [5, 5.41) is 26.0. The minimum Gasteiger partial charge on any atom is -0.497 e. The second-order valence-corrected chi connectivity index (χ2v) is 18.2. The standard InChI is InChI=1S/C24H26N4O7S2.C20H28N2O4.C2H6/c1-14-10-20-23(30)27(19-6-5-17(34-3)11-18(19)22(29)26(20)13-14)24(31)35-9-8-15(2)36-37-21-7-4-16(12-25-21)28(32)33;1-14-9-15-12-21-17-11-19(26-8-6-4-5-7-24-2)18(25-3)10-16(17)20(23)22(15)13-14;1-2/h4-7,11-12,15,20,23,30H,1,8-10,13H2,2-3H3;10-11,15,21H,1,4-9,12-13H2,2-3H3;1-2H3. The van der Waals surface area contributed by atoms with Gasteiger partial charge in [-0.1, -0.05) is 55.9 Å². The van der Waals surface area contributed by atoms with E-state index in [9.17, 15) is 29.6 Å². The second kappa shape index (κ2) is 24.1. The number of aliphatic hydroxyl groups is 1. The summed E-state index contributed by atoms with van der Waals surface area (Å²) in [7, 11) is 7.67. The molecule has 1 aromatic heterocycles. The van der Waals surface area contributed by atoms with Crippen molar-refractivity contribution in [1.82, 2.24) is 14.8 Å². The number of carbonyl (C=O) groups excluding carboxylic acids is 3. The Morgan fingerprint density at radius 2 is 1.66 bits per heavy atom. The van der Waals surface area contributed by atoms with E-state index in [2.05, 4.69) is 23.5 Å². The maximum absolute atomic E-state index is 13.3. The number of nitrogens with one attached hydrogen (secondary N) is 1. The lowest BCUT2D eigenvalue weighted by Crippen LogP contribution is -2.51. The van der Waals surface area contributed by atoms with Gasteiger partial charge in [0.15, 0.2) is 17.7 Å². The number of nitro groups is 1. The molecule has 7 rings (SSSR count). The van der Waals surface area contributed by atoms with E-state index in [4.69, 9.17) is 23.7 Å². The monoisotopic (exact) mass is 936 g/mol. The van der Waals surface area contributed by atoms with Gasteiger partial charge in [-0.15, -0.1) is 0 Å². The fraction of sp³-hybridized carbons (Fsp3) is 0.478. The minimum atomic E-state index is -1.30. The first-order valence-corrected chi connectivity index (χ1v) is 23.8. The number of amides is 3. The first-order chi connectivity index (χ1) is 31.3. The summed E-state index contributed by atoms with van der Waals surface area (Å²) in [6, 6.07) is 10.9. The van der Waals surface area contributed by atoms with Gasteiger partial charge in [-0.3, -0.25) is 19.7 Å². The fourth-order valence-corrected chi connectivity index (χ4v) is 9.70. The number of ether oxygens (including phenoxy) is 5. The summed E-state index contributed by atoms with van der Waals surface area (Å²) in [6.45, 7) is 17.1. The van der Waals surface area contributed by atoms with Crippen molar-refractivity contribution in [3.63, 3.8) is 0 Å². The van der Waals surface area contributed by atoms with Gasteiger partial charge in [0.25, 0.3) is 17.5 Å². The lowest BCUT2D eigenvalue weighted by Gasteiger charge is -2.31. The molecule has 0 saturated carbocycles. The van der Waals surface area contributed by atoms with Gasteiger partial charge in [0.1, 0.15) is 17.0 Å². The number of anilines is 2. The lowest BCUT2D eigenvalue weighted by atomic mass is 10.1. The van der Waals surface area contributed by atoms with Crippen LogP contribution in [0.15, 0.2) is 78.0 Å². The maximum atomic E-state index is 13.3. The van der Waals surface area contributed by atoms with Crippen molar-refractivity contribution < 1.29 is 48.1 Å². The van der Waals surface area contributed by atoms with Crippen molar-refractivity contribution >= 4 is 56.6 Å². The normalized spacial score (nSPS) is 18.8. The molecule has 352 valence electrons. The van der Waals surface area contributed by atoms with Crippen LogP contribution in [0.4, 0.5) is 21.9 Å². The molecule has 4 atom stereocenters. The van der Waals surface area contributed by atoms with Crippen LogP contribution in [-0.4, -0.2) is 127 Å². The van der Waals surface area contributed by atoms with Gasteiger partial charge in [0.05, 0.1) is 66.9 Å². The Morgan fingerprint density at radius 3 is 2.35 bits per heavy atom. The van der Waals surface area contributed by atoms with E-state index in [0.29, 0.717) is 60.4 Å². The van der Waals surface area contributed by atoms with E-state index < -0.39 is 23.3 Å². The molecule has 17 nitrogen and oxygen atoms in total. The molecule has 3 amide bonds. The molecule has 0 spiro atoms. The average molecular weight is 937 g/mol. The third-order valence-corrected chi connectivity index (χ3v) is 13.8. The van der Waals surface area contributed by atoms with E-state index in [0.717, 1.165) is 60.6 Å². The van der Waals surface area contributed by atoms with E-state index >= 15 is 0 Å². The number of nitrogens with zero attached hydrogens (tertiary/aromatic N) is 5. The summed E-state index contributed by atoms with van der Waals surface area (Å²) in [4.78, 5) is 58.3. The van der Waals surface area contributed by atoms with E-state index in [1.165, 1.54) is 45.9 Å². The molecule has 2 saturated heterocycles. The third kappa shape index (κ3) is 12.7. The number of methoxy groups -OCH3 is 3. The number of rotatable bonds is 16. The largest absolute Gasteiger partial charge is 0.497 e. The minimum absolute atomic E-state index is 0.0260. The lowest BCUT2D eigenvalue weighted by molar-refractivity contribution is -0.385. The van der Waals surface area contributed by atoms with Gasteiger partial charge in [-0.05, 0) is 79.7 Å². The molecule has 65 heavy (non-hydrogen) atoms. The molecule has 0 aliphatic carbocycles. The average Bonchev–Trinajstić information content (AvgIpc) is 3.85. The Morgan fingerprint density at radius 1 is 0.938 bits per heavy atom. The van der Waals surface area contributed by atoms with Crippen molar-refractivity contribution in [3.05, 3.63) is 94.2 Å². The molecule has 2 aromatic carbocycles. The van der Waals surface area contributed by atoms with E-state index in [1.807, 2.05) is 31.7 Å². The zero-order valence-corrected chi connectivity index (χ0v) is 39.5. The number of aromatic nitrogens is 1. The molecule has 4 aliphatic heterocycles. The highest BCUT2D eigenvalue weighted by Crippen LogP contribution is 2.40. The Bertz CT molecular complexity index is 2180. The summed E-state index contributed by atoms with van der Waals surface area (Å²) in [5.41, 5.74) is 3.76. The van der Waals surface area contributed by atoms with Gasteiger partial charge in [0, 0.05) is 50.7 Å². The number of hydrogen-bond donors (Lipinski definition) is 2. The molecule has 4 aliphatic rings. The zero-order valence-electron chi connectivity index (χ0n) is 37.9. The topological polar surface area (TPSA) is 195 Å². The molecular weight excluding hydrogens is 877 g/mol. The van der Waals surface area contributed by atoms with Gasteiger partial charge >= 0.3 is 6.09 Å². The first kappa shape index (κ1) is 50.5. The van der Waals surface area contributed by atoms with Gasteiger partial charge in [0.2, 0.25) is 0 Å². The van der Waals surface area contributed by atoms with E-state index in [-0.39, 0.29) is 46.7 Å². The molecular formula is C46H60N6O11S2. The maximum Gasteiger partial charge on any atom is 0.416 e. The van der Waals surface area contributed by atoms with Crippen LogP contribution in [0.2, 0.25) is 0 Å². The molecule has 2 N–H and O–H groups in total. The van der Waals surface area contributed by atoms with Crippen LogP contribution >= 0.6 is 21.6 Å². The smallest absolute Gasteiger partial charge is 0.416 e. The number of fused-ring (bicyclic) bond motifs is 4. The number of benzene rings is 2. The van der Waals surface area contributed by atoms with Crippen molar-refractivity contribution in [2.24, 2.45) is 0 Å². The van der Waals surface area contributed by atoms with Crippen molar-refractivity contribution in [1.29, 1.82) is 0 Å². The number of hydrogen-bond acceptors (Lipinski definition) is 15. The summed E-state index contributed by atoms with van der Waals surface area (Å²) >= 11 is 0. The summed E-state index contributed by atoms with van der Waals surface area (Å²) in [5.74, 6) is 1.43. The summed E-state index contributed by atoms with van der Waals surface area (Å²) in [6.07, 6.45) is 3.93. The Kier molecular flexibility index (Phi) is 18.8. The Hall–Kier alpha value is -5.50. The van der Waals surface area contributed by atoms with Crippen molar-refractivity contribution in [2.45, 2.75) is 87.9 Å². The molecule has 19 heteroatoms. The van der Waals surface area contributed by atoms with Crippen LogP contribution in [0.3, 0.4) is 0 Å². The molecule has 4 unspecified atom stereocenters. The zero-order chi connectivity index (χ0) is 47.2. The number of unbranched alkanes of at least 4 members (excludes halogenated alkanes) is 2. The van der Waals surface area contributed by atoms with Gasteiger partial charge in [-0.2, -0.15) is 0 Å². The number of carbonyl (C=O) groups is 3. The first-order valence-electron chi connectivity index (χ1n) is 21.6. The van der Waals surface area contributed by atoms with Crippen molar-refractivity contribution in [3.8, 4) is 17.2 Å². The predicted molar refractivity (Wildman–Crippen MR) is 252 cm³/mol. The third-order valence-electron chi connectivity index (χ3n) is 11.0. The molecule has 0 radical (unpaired) electrons. The van der Waals surface area contributed by atoms with Crippen LogP contribution in [0, 0.1) is 10.1 Å². The number of pyridine rings is 1. The van der Waals surface area contributed by atoms with Crippen LogP contribution < -0.4 is 24.4 Å². The Balaban J connectivity index is 0.000000249. The predicted octanol–water partition coefficient (Wildman–Crippen LogP) is 8.38. The van der Waals surface area contributed by atoms with Crippen LogP contribution in [-0.2, 0) is 9.47 Å². The Labute approximate surface area is 388 Å². The van der Waals surface area contributed by atoms with Gasteiger partial charge in [-0.25, -0.2) is 14.7 Å². The van der Waals surface area contributed by atoms with Crippen molar-refractivity contribution in [2.75, 3.05) is 71.0 Å². The summed E-state index contributed by atoms with van der Waals surface area (Å²) < 4.78 is 27.2. The van der Waals surface area contributed by atoms with Crippen LogP contribution in [0.25, 0.3) is 0 Å². The highest BCUT2D eigenvalue weighted by atomic mass is 33.1. The van der Waals surface area contributed by atoms with E-state index in [1.54, 1.807) is 44.6 Å². The van der Waals surface area contributed by atoms with Crippen LogP contribution in [0.5, 0.6) is 17.2 Å². The molecule has 0 bridgehead atoms. The SMILES string of the molecule is C=C1CC2C(O)N(C(=O)OCCC(C)SSc3ccc([N+](=O)[O-])cn3)c3ccc(OC)cc3C(=O)N2C1.C=C1CC2CNc3cc(OCCCCCOC)c(OC)cc3C(=O)N2C1.CC. The second-order valence-electron chi connectivity index (χ2n) is 15.5. The molecule has 5 heterocycles. The molecule has 2 fully saturated rings. The highest BCUT2D eigenvalue weighted by Gasteiger charge is 2.46. The number of aliphatic hydroxyl groups excluding tert-OH is 1. The molecule has 3 aromatic rings. The van der Waals surface area contributed by atoms with Gasteiger partial charge < -0.3 is 43.9 Å².